The van der Waals surface area contributed by atoms with Gasteiger partial charge in [-0.05, 0) is 48.4 Å². The van der Waals surface area contributed by atoms with Gasteiger partial charge in [0.2, 0.25) is 0 Å². The second kappa shape index (κ2) is 6.05. The number of aryl methyl sites for hydroxylation is 1. The number of rotatable bonds is 4. The third-order valence-electron chi connectivity index (χ3n) is 3.03. The standard InChI is InChI=1S/C16H18N2O/c1-3-12-5-4-6-15(11-12)18-16(19)13-7-9-14(17-2)10-8-13/h4-11,17H,3H2,1-2H3,(H,18,19). The molecule has 0 aliphatic rings. The summed E-state index contributed by atoms with van der Waals surface area (Å²) in [5.41, 5.74) is 3.69. The van der Waals surface area contributed by atoms with Gasteiger partial charge in [0.25, 0.3) is 5.91 Å². The van der Waals surface area contributed by atoms with Crippen molar-refractivity contribution in [2.75, 3.05) is 17.7 Å². The van der Waals surface area contributed by atoms with Gasteiger partial charge in [-0.3, -0.25) is 4.79 Å². The highest BCUT2D eigenvalue weighted by Crippen LogP contribution is 2.14. The highest BCUT2D eigenvalue weighted by Gasteiger charge is 2.05. The first-order chi connectivity index (χ1) is 9.22. The van der Waals surface area contributed by atoms with Gasteiger partial charge in [-0.15, -0.1) is 0 Å². The summed E-state index contributed by atoms with van der Waals surface area (Å²) in [5, 5.41) is 5.94. The number of hydrogen-bond donors (Lipinski definition) is 2. The Morgan fingerprint density at radius 1 is 1.05 bits per heavy atom. The lowest BCUT2D eigenvalue weighted by Crippen LogP contribution is -2.11. The largest absolute Gasteiger partial charge is 0.388 e. The molecule has 0 spiro atoms. The summed E-state index contributed by atoms with van der Waals surface area (Å²) >= 11 is 0. The van der Waals surface area contributed by atoms with E-state index in [2.05, 4.69) is 23.6 Å². The van der Waals surface area contributed by atoms with Crippen molar-refractivity contribution >= 4 is 17.3 Å². The molecule has 2 rings (SSSR count). The number of amides is 1. The number of hydrogen-bond acceptors (Lipinski definition) is 2. The number of nitrogens with one attached hydrogen (secondary N) is 2. The van der Waals surface area contributed by atoms with E-state index in [1.54, 1.807) is 0 Å². The van der Waals surface area contributed by atoms with E-state index in [4.69, 9.17) is 0 Å². The van der Waals surface area contributed by atoms with Crippen molar-refractivity contribution in [2.45, 2.75) is 13.3 Å². The predicted molar refractivity (Wildman–Crippen MR) is 79.8 cm³/mol. The first-order valence-corrected chi connectivity index (χ1v) is 6.41. The summed E-state index contributed by atoms with van der Waals surface area (Å²) in [5.74, 6) is -0.0871. The third kappa shape index (κ3) is 3.35. The van der Waals surface area contributed by atoms with Crippen LogP contribution in [-0.4, -0.2) is 13.0 Å². The fourth-order valence-electron chi connectivity index (χ4n) is 1.86. The Labute approximate surface area is 113 Å². The number of carbonyl (C=O) groups excluding carboxylic acids is 1. The predicted octanol–water partition coefficient (Wildman–Crippen LogP) is 3.54. The highest BCUT2D eigenvalue weighted by molar-refractivity contribution is 6.04. The van der Waals surface area contributed by atoms with Crippen LogP contribution in [0.2, 0.25) is 0 Å². The Bertz CT molecular complexity index is 561. The van der Waals surface area contributed by atoms with Crippen LogP contribution in [0.4, 0.5) is 11.4 Å². The minimum Gasteiger partial charge on any atom is -0.388 e. The van der Waals surface area contributed by atoms with Crippen LogP contribution in [0.5, 0.6) is 0 Å². The van der Waals surface area contributed by atoms with Gasteiger partial charge in [0.05, 0.1) is 0 Å². The van der Waals surface area contributed by atoms with Gasteiger partial charge in [-0.2, -0.15) is 0 Å². The maximum atomic E-state index is 12.1. The maximum Gasteiger partial charge on any atom is 0.255 e. The van der Waals surface area contributed by atoms with Crippen molar-refractivity contribution in [1.29, 1.82) is 0 Å². The molecular weight excluding hydrogens is 236 g/mol. The average molecular weight is 254 g/mol. The fraction of sp³-hybridized carbons (Fsp3) is 0.188. The van der Waals surface area contributed by atoms with E-state index in [-0.39, 0.29) is 5.91 Å². The molecule has 0 aromatic heterocycles. The lowest BCUT2D eigenvalue weighted by atomic mass is 10.1. The fourth-order valence-corrected chi connectivity index (χ4v) is 1.86. The van der Waals surface area contributed by atoms with Crippen LogP contribution in [0.3, 0.4) is 0 Å². The summed E-state index contributed by atoms with van der Waals surface area (Å²) in [7, 11) is 1.85. The zero-order valence-corrected chi connectivity index (χ0v) is 11.2. The van der Waals surface area contributed by atoms with Crippen LogP contribution in [-0.2, 0) is 6.42 Å². The molecule has 0 heterocycles. The average Bonchev–Trinajstić information content (AvgIpc) is 2.47. The molecular formula is C16H18N2O. The normalized spacial score (nSPS) is 10.0. The van der Waals surface area contributed by atoms with Gasteiger partial charge < -0.3 is 10.6 Å². The summed E-state index contributed by atoms with van der Waals surface area (Å²) in [6.45, 7) is 2.09. The van der Waals surface area contributed by atoms with Crippen LogP contribution in [0.1, 0.15) is 22.8 Å². The van der Waals surface area contributed by atoms with Crippen molar-refractivity contribution in [3.05, 3.63) is 59.7 Å². The van der Waals surface area contributed by atoms with Gasteiger partial charge in [0.1, 0.15) is 0 Å². The minimum absolute atomic E-state index is 0.0871. The Morgan fingerprint density at radius 3 is 2.42 bits per heavy atom. The van der Waals surface area contributed by atoms with E-state index >= 15 is 0 Å². The van der Waals surface area contributed by atoms with Gasteiger partial charge in [-0.25, -0.2) is 0 Å². The molecule has 0 bridgehead atoms. The number of benzene rings is 2. The highest BCUT2D eigenvalue weighted by atomic mass is 16.1. The molecule has 98 valence electrons. The molecule has 19 heavy (non-hydrogen) atoms. The second-order valence-corrected chi connectivity index (χ2v) is 4.34. The lowest BCUT2D eigenvalue weighted by molar-refractivity contribution is 0.102. The SMILES string of the molecule is CCc1cccc(NC(=O)c2ccc(NC)cc2)c1. The minimum atomic E-state index is -0.0871. The molecule has 0 aliphatic heterocycles. The quantitative estimate of drug-likeness (QED) is 0.876. The Morgan fingerprint density at radius 2 is 1.79 bits per heavy atom. The Balaban J connectivity index is 2.11. The van der Waals surface area contributed by atoms with E-state index in [1.807, 2.05) is 49.5 Å². The van der Waals surface area contributed by atoms with E-state index in [1.165, 1.54) is 5.56 Å². The van der Waals surface area contributed by atoms with Crippen LogP contribution < -0.4 is 10.6 Å². The van der Waals surface area contributed by atoms with E-state index in [9.17, 15) is 4.79 Å². The first kappa shape index (κ1) is 13.1. The van der Waals surface area contributed by atoms with Crippen molar-refractivity contribution < 1.29 is 4.79 Å². The van der Waals surface area contributed by atoms with Crippen molar-refractivity contribution in [3.8, 4) is 0 Å². The van der Waals surface area contributed by atoms with Gasteiger partial charge in [0, 0.05) is 24.0 Å². The van der Waals surface area contributed by atoms with E-state index in [0.29, 0.717) is 5.56 Å². The van der Waals surface area contributed by atoms with Gasteiger partial charge in [-0.1, -0.05) is 19.1 Å². The second-order valence-electron chi connectivity index (χ2n) is 4.34. The van der Waals surface area contributed by atoms with Crippen LogP contribution in [0.25, 0.3) is 0 Å². The molecule has 1 amide bonds. The van der Waals surface area contributed by atoms with Crippen LogP contribution in [0.15, 0.2) is 48.5 Å². The molecule has 3 heteroatoms. The Kier molecular flexibility index (Phi) is 4.18. The molecule has 3 nitrogen and oxygen atoms in total. The molecule has 0 unspecified atom stereocenters. The molecule has 0 aliphatic carbocycles. The molecule has 0 fully saturated rings. The summed E-state index contributed by atoms with van der Waals surface area (Å²) < 4.78 is 0. The first-order valence-electron chi connectivity index (χ1n) is 6.41. The van der Waals surface area contributed by atoms with Crippen molar-refractivity contribution in [1.82, 2.24) is 0 Å². The molecule has 0 saturated heterocycles. The number of anilines is 2. The molecule has 0 saturated carbocycles. The zero-order chi connectivity index (χ0) is 13.7. The summed E-state index contributed by atoms with van der Waals surface area (Å²) in [6, 6.07) is 15.3. The van der Waals surface area contributed by atoms with E-state index < -0.39 is 0 Å². The maximum absolute atomic E-state index is 12.1. The topological polar surface area (TPSA) is 41.1 Å². The molecule has 2 aromatic carbocycles. The van der Waals surface area contributed by atoms with Gasteiger partial charge >= 0.3 is 0 Å². The molecule has 2 N–H and O–H groups in total. The summed E-state index contributed by atoms with van der Waals surface area (Å²) in [6.07, 6.45) is 0.959. The molecule has 0 radical (unpaired) electrons. The smallest absolute Gasteiger partial charge is 0.255 e. The molecule has 2 aromatic rings. The third-order valence-corrected chi connectivity index (χ3v) is 3.03. The lowest BCUT2D eigenvalue weighted by Gasteiger charge is -2.07. The monoisotopic (exact) mass is 254 g/mol. The van der Waals surface area contributed by atoms with Gasteiger partial charge in [0.15, 0.2) is 0 Å². The van der Waals surface area contributed by atoms with Crippen LogP contribution >= 0.6 is 0 Å². The van der Waals surface area contributed by atoms with Crippen LogP contribution in [0, 0.1) is 0 Å². The van der Waals surface area contributed by atoms with Crippen molar-refractivity contribution in [2.24, 2.45) is 0 Å². The van der Waals surface area contributed by atoms with Crippen molar-refractivity contribution in [3.63, 3.8) is 0 Å². The molecule has 0 atom stereocenters. The summed E-state index contributed by atoms with van der Waals surface area (Å²) in [4.78, 5) is 12.1. The zero-order valence-electron chi connectivity index (χ0n) is 11.2. The number of carbonyl (C=O) groups is 1. The Hall–Kier alpha value is -2.29. The van der Waals surface area contributed by atoms with E-state index in [0.717, 1.165) is 17.8 Å².